The maximum atomic E-state index is 12.4. The van der Waals surface area contributed by atoms with Crippen molar-refractivity contribution in [1.82, 2.24) is 0 Å². The molecule has 11 heteroatoms. The van der Waals surface area contributed by atoms with E-state index in [0.717, 1.165) is 12.8 Å². The molecule has 0 radical (unpaired) electrons. The number of hydrogen-bond acceptors (Lipinski definition) is 8. The molecule has 0 atom stereocenters. The molecule has 1 saturated heterocycles. The van der Waals surface area contributed by atoms with Gasteiger partial charge in [0.1, 0.15) is 0 Å². The van der Waals surface area contributed by atoms with Crippen molar-refractivity contribution in [2.24, 2.45) is 5.41 Å². The van der Waals surface area contributed by atoms with E-state index in [2.05, 4.69) is 0 Å². The van der Waals surface area contributed by atoms with E-state index < -0.39 is 23.0 Å². The predicted molar refractivity (Wildman–Crippen MR) is 99.1 cm³/mol. The second-order valence-electron chi connectivity index (χ2n) is 6.35. The van der Waals surface area contributed by atoms with Crippen LogP contribution in [0.2, 0.25) is 12.1 Å². The Hall–Kier alpha value is 0.352. The largest absolute Gasteiger partial charge is 0.637 e. The summed E-state index contributed by atoms with van der Waals surface area (Å²) in [5.74, 6) is -0.170. The van der Waals surface area contributed by atoms with Gasteiger partial charge in [0.2, 0.25) is 0 Å². The van der Waals surface area contributed by atoms with E-state index in [1.54, 1.807) is 49.3 Å². The fourth-order valence-corrected chi connectivity index (χ4v) is 6.86. The molecule has 1 fully saturated rings. The molecular formula is C16H33O8Si2W-. The molecule has 0 aliphatic carbocycles. The van der Waals surface area contributed by atoms with Crippen LogP contribution in [0, 0.1) is 12.0 Å². The number of rotatable bonds is 14. The average Bonchev–Trinajstić information content (AvgIpc) is 3.04. The van der Waals surface area contributed by atoms with Crippen LogP contribution in [0.4, 0.5) is 0 Å². The molecule has 27 heavy (non-hydrogen) atoms. The number of ether oxygens (including phenoxy) is 1. The summed E-state index contributed by atoms with van der Waals surface area (Å²) < 4.78 is 37.9. The van der Waals surface area contributed by atoms with Crippen LogP contribution in [0.1, 0.15) is 32.1 Å². The van der Waals surface area contributed by atoms with E-state index in [1.807, 2.05) is 0 Å². The van der Waals surface area contributed by atoms with Crippen molar-refractivity contribution in [2.75, 3.05) is 42.7 Å². The predicted octanol–water partition coefficient (Wildman–Crippen LogP) is 2.40. The monoisotopic (exact) mass is 593 g/mol. The summed E-state index contributed by atoms with van der Waals surface area (Å²) in [6, 6.07) is 1.30. The summed E-state index contributed by atoms with van der Waals surface area (Å²) in [4.78, 5) is 12.4. The normalized spacial score (nSPS) is 16.9. The Balaban J connectivity index is 0.00000676. The first-order chi connectivity index (χ1) is 12.4. The first-order valence-corrected chi connectivity index (χ1v) is 12.6. The summed E-state index contributed by atoms with van der Waals surface area (Å²) in [6.45, 7) is 1.60. The van der Waals surface area contributed by atoms with Gasteiger partial charge in [-0.25, -0.2) is 0 Å². The number of carbonyl (C=O) groups excluding carboxylic acids is 1. The number of cyclic esters (lactones) is 1. The second-order valence-corrected chi connectivity index (χ2v) is 12.5. The van der Waals surface area contributed by atoms with Gasteiger partial charge in [-0.05, 0) is 25.7 Å². The standard InChI is InChI=1S/C16H33O8Si2.W/c1-18-25(19-2,20-3)13-7-9-16(11-12-24-15(16)17)10-8-14-26(21-4,22-5)23-6;/h12H,7-11,13-14H2,1-6H3;/q-1;. The van der Waals surface area contributed by atoms with Crippen LogP contribution < -0.4 is 0 Å². The maximum absolute atomic E-state index is 12.4. The summed E-state index contributed by atoms with van der Waals surface area (Å²) in [5.41, 5.74) is -0.523. The van der Waals surface area contributed by atoms with E-state index in [0.29, 0.717) is 31.4 Å². The molecule has 1 aliphatic heterocycles. The summed E-state index contributed by atoms with van der Waals surface area (Å²) in [7, 11) is 4.29. The van der Waals surface area contributed by atoms with Crippen molar-refractivity contribution in [3.63, 3.8) is 0 Å². The van der Waals surface area contributed by atoms with Crippen molar-refractivity contribution in [2.45, 2.75) is 44.2 Å². The van der Waals surface area contributed by atoms with Crippen LogP contribution in [-0.4, -0.2) is 66.2 Å². The minimum absolute atomic E-state index is 0. The van der Waals surface area contributed by atoms with E-state index >= 15 is 0 Å². The second kappa shape index (κ2) is 12.8. The SMILES string of the molecule is CO[Si](CCCC1(CCC[Si](OC)(OC)OC)C[CH-]OC1=O)(OC)OC.[W]. The molecule has 1 aliphatic rings. The zero-order valence-electron chi connectivity index (χ0n) is 17.2. The van der Waals surface area contributed by atoms with Crippen molar-refractivity contribution in [1.29, 1.82) is 0 Å². The van der Waals surface area contributed by atoms with Gasteiger partial charge in [0.05, 0.1) is 0 Å². The van der Waals surface area contributed by atoms with Gasteiger partial charge in [0, 0.05) is 81.2 Å². The van der Waals surface area contributed by atoms with Crippen molar-refractivity contribution >= 4 is 23.6 Å². The Kier molecular flexibility index (Phi) is 13.0. The van der Waals surface area contributed by atoms with Crippen molar-refractivity contribution in [3.8, 4) is 0 Å². The Morgan fingerprint density at radius 1 is 0.852 bits per heavy atom. The van der Waals surface area contributed by atoms with Crippen LogP contribution in [0.25, 0.3) is 0 Å². The first-order valence-electron chi connectivity index (χ1n) is 8.74. The Morgan fingerprint density at radius 2 is 1.22 bits per heavy atom. The molecule has 0 spiro atoms. The zero-order valence-corrected chi connectivity index (χ0v) is 22.1. The van der Waals surface area contributed by atoms with E-state index in [1.165, 1.54) is 0 Å². The van der Waals surface area contributed by atoms with Gasteiger partial charge in [-0.2, -0.15) is 6.61 Å². The molecule has 8 nitrogen and oxygen atoms in total. The third kappa shape index (κ3) is 6.97. The maximum Gasteiger partial charge on any atom is 0.500 e. The summed E-state index contributed by atoms with van der Waals surface area (Å²) in [6.07, 6.45) is 3.50. The van der Waals surface area contributed by atoms with Crippen LogP contribution in [0.5, 0.6) is 0 Å². The van der Waals surface area contributed by atoms with Gasteiger partial charge >= 0.3 is 17.6 Å². The number of esters is 1. The molecule has 1 heterocycles. The third-order valence-corrected chi connectivity index (χ3v) is 10.9. The van der Waals surface area contributed by atoms with E-state index in [-0.39, 0.29) is 27.0 Å². The summed E-state index contributed by atoms with van der Waals surface area (Å²) >= 11 is 0. The third-order valence-electron chi connectivity index (χ3n) is 5.24. The van der Waals surface area contributed by atoms with Gasteiger partial charge in [0.25, 0.3) is 5.97 Å². The average molecular weight is 593 g/mol. The molecule has 0 aromatic carbocycles. The van der Waals surface area contributed by atoms with Gasteiger partial charge in [-0.15, -0.1) is 6.42 Å². The number of carbonyl (C=O) groups is 1. The Bertz CT molecular complexity index is 390. The Labute approximate surface area is 179 Å². The quantitative estimate of drug-likeness (QED) is 0.173. The van der Waals surface area contributed by atoms with Crippen LogP contribution in [-0.2, 0) is 57.2 Å². The molecule has 0 amide bonds. The number of hydrogen-bond donors (Lipinski definition) is 0. The molecule has 0 bridgehead atoms. The molecule has 1 rings (SSSR count). The summed E-state index contributed by atoms with van der Waals surface area (Å²) in [5, 5.41) is 0. The molecule has 0 aromatic heterocycles. The zero-order chi connectivity index (χ0) is 19.7. The minimum atomic E-state index is -2.64. The van der Waals surface area contributed by atoms with Gasteiger partial charge in [-0.3, -0.25) is 4.79 Å². The van der Waals surface area contributed by atoms with E-state index in [9.17, 15) is 4.79 Å². The Morgan fingerprint density at radius 3 is 1.48 bits per heavy atom. The first kappa shape index (κ1) is 27.4. The topological polar surface area (TPSA) is 81.7 Å². The van der Waals surface area contributed by atoms with Crippen LogP contribution in [0.3, 0.4) is 0 Å². The molecular weight excluding hydrogens is 560 g/mol. The molecule has 0 unspecified atom stereocenters. The van der Waals surface area contributed by atoms with Gasteiger partial charge < -0.3 is 31.3 Å². The molecule has 0 N–H and O–H groups in total. The molecule has 0 saturated carbocycles. The smallest absolute Gasteiger partial charge is 0.500 e. The van der Waals surface area contributed by atoms with Crippen LogP contribution in [0.15, 0.2) is 0 Å². The fourth-order valence-electron chi connectivity index (χ4n) is 3.42. The molecule has 160 valence electrons. The van der Waals surface area contributed by atoms with Crippen molar-refractivity contribution in [3.05, 3.63) is 6.61 Å². The minimum Gasteiger partial charge on any atom is -0.637 e. The fraction of sp³-hybridized carbons (Fsp3) is 0.875. The van der Waals surface area contributed by atoms with Gasteiger partial charge in [-0.1, -0.05) is 0 Å². The van der Waals surface area contributed by atoms with Gasteiger partial charge in [0.15, 0.2) is 0 Å². The van der Waals surface area contributed by atoms with Crippen molar-refractivity contribution < 1.29 is 57.2 Å². The van der Waals surface area contributed by atoms with E-state index in [4.69, 9.17) is 31.3 Å². The van der Waals surface area contributed by atoms with Crippen LogP contribution >= 0.6 is 0 Å². The molecule has 0 aromatic rings.